The van der Waals surface area contributed by atoms with Crippen molar-refractivity contribution in [2.75, 3.05) is 14.2 Å². The van der Waals surface area contributed by atoms with E-state index in [0.717, 1.165) is 56.1 Å². The van der Waals surface area contributed by atoms with Crippen LogP contribution in [0.4, 0.5) is 0 Å². The smallest absolute Gasteiger partial charge is 0.119 e. The van der Waals surface area contributed by atoms with E-state index in [4.69, 9.17) is 9.47 Å². The molecule has 0 bridgehead atoms. The molecule has 0 amide bonds. The molecular formula is C128H171I2N5O2Si6. The van der Waals surface area contributed by atoms with E-state index in [0.29, 0.717) is 66.5 Å². The molecule has 0 aliphatic rings. The minimum atomic E-state index is -2.01. The van der Waals surface area contributed by atoms with Gasteiger partial charge in [0, 0.05) is 94.8 Å². The molecule has 5 aromatic heterocycles. The minimum Gasteiger partial charge on any atom is -0.497 e. The lowest BCUT2D eigenvalue weighted by molar-refractivity contribution is 0.414. The molecule has 143 heavy (non-hydrogen) atoms. The van der Waals surface area contributed by atoms with Crippen LogP contribution in [0.1, 0.15) is 249 Å². The maximum atomic E-state index is 5.75. The third kappa shape index (κ3) is 17.8. The van der Waals surface area contributed by atoms with Crippen LogP contribution in [0.15, 0.2) is 231 Å². The Bertz CT molecular complexity index is 6790. The van der Waals surface area contributed by atoms with E-state index in [-0.39, 0.29) is 0 Å². The Kier molecular flexibility index (Phi) is 32.2. The first kappa shape index (κ1) is 109. The molecule has 1 N–H and O–H groups in total. The van der Waals surface area contributed by atoms with Crippen molar-refractivity contribution in [3.63, 3.8) is 0 Å². The van der Waals surface area contributed by atoms with Gasteiger partial charge < -0.3 is 32.7 Å². The van der Waals surface area contributed by atoms with Gasteiger partial charge in [-0.1, -0.05) is 353 Å². The lowest BCUT2D eigenvalue weighted by Gasteiger charge is -2.44. The summed E-state index contributed by atoms with van der Waals surface area (Å²) >= 11 is 4.75. The molecule has 12 aromatic carbocycles. The molecule has 15 heteroatoms. The number of nitrogens with zero attached hydrogens (tertiary/aromatic N) is 4. The summed E-state index contributed by atoms with van der Waals surface area (Å²) in [7, 11) is -7.96. The quantitative estimate of drug-likeness (QED) is 0.0360. The van der Waals surface area contributed by atoms with E-state index >= 15 is 0 Å². The largest absolute Gasteiger partial charge is 0.497 e. The minimum absolute atomic E-state index is 0.607. The monoisotopic (exact) mass is 2230 g/mol. The highest BCUT2D eigenvalue weighted by molar-refractivity contribution is 14.1. The summed E-state index contributed by atoms with van der Waals surface area (Å²) in [6, 6.07) is 90.7. The van der Waals surface area contributed by atoms with Crippen molar-refractivity contribution in [3.05, 3.63) is 238 Å². The van der Waals surface area contributed by atoms with Gasteiger partial charge in [0.2, 0.25) is 0 Å². The lowest BCUT2D eigenvalue weighted by atomic mass is 10.1. The topological polar surface area (TPSA) is 54.0 Å². The zero-order valence-corrected chi connectivity index (χ0v) is 105. The number of rotatable bonds is 30. The predicted octanol–water partition coefficient (Wildman–Crippen LogP) is 37.6. The highest BCUT2D eigenvalue weighted by Crippen LogP contribution is 2.52. The second-order valence-corrected chi connectivity index (χ2v) is 86.4. The fourth-order valence-electron chi connectivity index (χ4n) is 32.4. The number of aromatic amines is 1. The van der Waals surface area contributed by atoms with E-state index in [1.807, 2.05) is 12.1 Å². The first-order chi connectivity index (χ1) is 67.5. The number of benzene rings is 12. The summed E-state index contributed by atoms with van der Waals surface area (Å²) in [4.78, 5) is 3.74. The average molecular weight is 2230 g/mol. The predicted molar refractivity (Wildman–Crippen MR) is 669 cm³/mol. The number of methoxy groups -OCH3 is 2. The molecule has 0 fully saturated rings. The lowest BCUT2D eigenvalue weighted by Crippen LogP contribution is -2.55. The molecular weight excluding hydrogens is 2060 g/mol. The van der Waals surface area contributed by atoms with Crippen LogP contribution >= 0.6 is 45.2 Å². The third-order valence-corrected chi connectivity index (χ3v) is 80.5. The number of halogens is 2. The molecule has 0 spiro atoms. The van der Waals surface area contributed by atoms with Crippen LogP contribution in [-0.2, 0) is 0 Å². The molecule has 758 valence electrons. The number of fused-ring (bicyclic) bond motifs is 15. The Morgan fingerprint density at radius 2 is 0.343 bits per heavy atom. The molecule has 0 atom stereocenters. The number of H-pyrrole nitrogens is 1. The van der Waals surface area contributed by atoms with E-state index in [1.165, 1.54) is 128 Å². The number of hydrogen-bond donors (Lipinski definition) is 1. The summed E-state index contributed by atoms with van der Waals surface area (Å²) < 4.78 is 23.6. The van der Waals surface area contributed by atoms with Gasteiger partial charge in [0.05, 0.1) is 107 Å². The van der Waals surface area contributed by atoms with E-state index in [2.05, 4.69) is 536 Å². The second-order valence-electron chi connectivity index (χ2n) is 48.4. The Morgan fingerprint density at radius 1 is 0.182 bits per heavy atom. The summed E-state index contributed by atoms with van der Waals surface area (Å²) in [5.74, 6) is 1.73. The van der Waals surface area contributed by atoms with Gasteiger partial charge in [-0.15, -0.1) is 0 Å². The molecule has 0 aliphatic heterocycles. The number of nitrogens with one attached hydrogen (secondary N) is 1. The Hall–Kier alpha value is -8.00. The highest BCUT2D eigenvalue weighted by atomic mass is 127. The Balaban J connectivity index is 0.000000221. The van der Waals surface area contributed by atoms with Gasteiger partial charge in [-0.3, -0.25) is 0 Å². The molecule has 17 aromatic rings. The number of ether oxygens (including phenoxy) is 2. The van der Waals surface area contributed by atoms with Crippen molar-refractivity contribution < 1.29 is 9.47 Å². The number of hydrogen-bond acceptors (Lipinski definition) is 2. The van der Waals surface area contributed by atoms with Crippen LogP contribution in [0.25, 0.3) is 132 Å². The molecule has 17 rings (SSSR count). The average Bonchev–Trinajstić information content (AvgIpc) is 1.55. The molecule has 0 saturated heterocycles. The Morgan fingerprint density at radius 3 is 0.545 bits per heavy atom. The van der Waals surface area contributed by atoms with Crippen molar-refractivity contribution in [3.8, 4) is 34.2 Å². The van der Waals surface area contributed by atoms with Crippen LogP contribution in [0.3, 0.4) is 0 Å². The normalized spacial score (nSPS) is 13.3. The van der Waals surface area contributed by atoms with Crippen molar-refractivity contribution in [2.24, 2.45) is 0 Å². The van der Waals surface area contributed by atoms with Gasteiger partial charge in [0.1, 0.15) is 11.5 Å². The van der Waals surface area contributed by atoms with E-state index in [9.17, 15) is 0 Å². The van der Waals surface area contributed by atoms with Gasteiger partial charge in [0.15, 0.2) is 0 Å². The summed E-state index contributed by atoms with van der Waals surface area (Å²) in [6.07, 6.45) is 0. The molecule has 7 nitrogen and oxygen atoms in total. The summed E-state index contributed by atoms with van der Waals surface area (Å²) in [5.41, 5.74) is 28.8. The van der Waals surface area contributed by atoms with Crippen molar-refractivity contribution in [2.45, 2.75) is 349 Å². The SMILES string of the molecule is CC(C)[Si](c1ccc2[nH]c3ccc([Si](C(C)C)(C(C)C)C(C)C)cc3c2c1)(C(C)C)C(C)C.COc1ccc(-n2c3ccc(-n4c5ccc([Si](C(C)C)(C(C)C)C(C)C)cc5c5cc([Si](C(C)C)(C(C)C)C(C)C)ccc54)cc3c3cc(-n4c5ccc([Si](C(C)C)(C(C)C)C(C)C)cc5c5cc([Si](C(C)C)(C(C)C)C(C)C)ccc54)ccc32)cc1.COc1ccc(-n2c3ccc(I)cc3c3cc(I)ccc32)cc1. The zero-order chi connectivity index (χ0) is 104. The van der Waals surface area contributed by atoms with Crippen LogP contribution in [0, 0.1) is 7.14 Å². The van der Waals surface area contributed by atoms with Crippen LogP contribution in [0.2, 0.25) is 99.7 Å². The molecule has 0 unspecified atom stereocenters. The standard InChI is InChI=1S/C79H109N3OSi4.C30H49NSi2.C19H13I2NO/c1-48(2)84(49(3)4,50(5)6)64-32-38-76-70(44-64)71-45-65(85(51(7)8,52(9)10)53(11)12)33-39-77(71)81(76)61-28-36-74-68(42-61)69-43-62(29-37-75(69)80(74)60-26-30-63(83-25)31-27-60)82-78-40-34-66(86(54(13)14,55(15)16)56(17)18)46-72(78)73-47-67(35-41-79(73)82)87(57(19)20,58(21)22)59(23)24;1-19(2)32(20(3)4,21(5)6)25-13-15-29-27(17-25)28-18-26(14-16-30(28)31-29)33(22(7)8,23(9)10)24(11)12;1-23-15-6-4-14(5-7-15)22-18-8-2-12(20)10-16(18)17-11-13(21)3-9-19(17)22/h26-59H,1-25H3;13-24,31H,1-12H3;2-11H,1H3. The van der Waals surface area contributed by atoms with Gasteiger partial charge in [-0.2, -0.15) is 0 Å². The molecule has 0 aliphatic carbocycles. The second kappa shape index (κ2) is 42.2. The summed E-state index contributed by atoms with van der Waals surface area (Å²) in [6.45, 7) is 90.0. The summed E-state index contributed by atoms with van der Waals surface area (Å²) in [5, 5.41) is 23.2. The first-order valence-corrected chi connectivity index (χ1v) is 70.1. The third-order valence-electron chi connectivity index (χ3n) is 36.9. The fraction of sp³-hybridized carbons (Fsp3) is 0.438. The van der Waals surface area contributed by atoms with E-state index < -0.39 is 48.4 Å². The van der Waals surface area contributed by atoms with Gasteiger partial charge in [-0.05, 0) is 303 Å². The molecule has 0 radical (unpaired) electrons. The van der Waals surface area contributed by atoms with Crippen molar-refractivity contribution in [1.29, 1.82) is 0 Å². The maximum absolute atomic E-state index is 5.75. The van der Waals surface area contributed by atoms with E-state index in [1.54, 1.807) is 45.3 Å². The van der Waals surface area contributed by atoms with Gasteiger partial charge in [-0.25, -0.2) is 0 Å². The van der Waals surface area contributed by atoms with Gasteiger partial charge in [0.25, 0.3) is 0 Å². The van der Waals surface area contributed by atoms with Crippen LogP contribution in [-0.4, -0.2) is 85.9 Å². The fourth-order valence-corrected chi connectivity index (χ4v) is 74.0. The first-order valence-electron chi connectivity index (χ1n) is 54.5. The zero-order valence-electron chi connectivity index (χ0n) is 94.2. The Labute approximate surface area is 893 Å². The van der Waals surface area contributed by atoms with Crippen molar-refractivity contribution >= 4 is 234 Å². The molecule has 5 heterocycles. The van der Waals surface area contributed by atoms with Crippen LogP contribution < -0.4 is 40.6 Å². The van der Waals surface area contributed by atoms with Gasteiger partial charge >= 0.3 is 0 Å². The molecule has 0 saturated carbocycles. The maximum Gasteiger partial charge on any atom is 0.119 e. The van der Waals surface area contributed by atoms with Crippen LogP contribution in [0.5, 0.6) is 11.5 Å². The highest BCUT2D eigenvalue weighted by Gasteiger charge is 2.51. The van der Waals surface area contributed by atoms with Crippen molar-refractivity contribution in [1.82, 2.24) is 23.3 Å². The number of aromatic nitrogens is 5.